The molecule has 92 valence electrons. The number of fused-ring (bicyclic) bond motifs is 3. The second kappa shape index (κ2) is 4.33. The molecular formula is C16H16ClN. The lowest BCUT2D eigenvalue weighted by Gasteiger charge is -2.05. The Morgan fingerprint density at radius 1 is 1.11 bits per heavy atom. The number of benzene rings is 2. The average molecular weight is 258 g/mol. The van der Waals surface area contributed by atoms with E-state index in [1.165, 1.54) is 21.9 Å². The summed E-state index contributed by atoms with van der Waals surface area (Å²) in [5.74, 6) is 0.658. The molecule has 2 aromatic carbocycles. The highest BCUT2D eigenvalue weighted by Crippen LogP contribution is 2.30. The van der Waals surface area contributed by atoms with Crippen molar-refractivity contribution in [3.8, 4) is 0 Å². The van der Waals surface area contributed by atoms with Crippen LogP contribution in [0, 0.1) is 5.92 Å². The minimum absolute atomic E-state index is 0.658. The molecule has 0 fully saturated rings. The number of hydrogen-bond donors (Lipinski definition) is 1. The maximum Gasteiger partial charge on any atom is 0.0497 e. The maximum absolute atomic E-state index is 6.09. The van der Waals surface area contributed by atoms with Gasteiger partial charge >= 0.3 is 0 Å². The van der Waals surface area contributed by atoms with Gasteiger partial charge in [0, 0.05) is 26.8 Å². The number of aromatic amines is 1. The van der Waals surface area contributed by atoms with Gasteiger partial charge < -0.3 is 4.98 Å². The molecule has 0 atom stereocenters. The number of rotatable bonds is 2. The van der Waals surface area contributed by atoms with E-state index < -0.39 is 0 Å². The van der Waals surface area contributed by atoms with Crippen molar-refractivity contribution in [1.82, 2.24) is 4.98 Å². The second-order valence-corrected chi connectivity index (χ2v) is 5.69. The van der Waals surface area contributed by atoms with Gasteiger partial charge in [-0.15, -0.1) is 0 Å². The van der Waals surface area contributed by atoms with E-state index in [4.69, 9.17) is 11.6 Å². The van der Waals surface area contributed by atoms with Crippen molar-refractivity contribution in [2.75, 3.05) is 0 Å². The Morgan fingerprint density at radius 2 is 1.94 bits per heavy atom. The Morgan fingerprint density at radius 3 is 2.72 bits per heavy atom. The Labute approximate surface area is 112 Å². The molecule has 0 bridgehead atoms. The van der Waals surface area contributed by atoms with Crippen LogP contribution in [0.1, 0.15) is 19.4 Å². The minimum Gasteiger partial charge on any atom is -0.354 e. The summed E-state index contributed by atoms with van der Waals surface area (Å²) in [6.07, 6.45) is 1.10. The topological polar surface area (TPSA) is 15.8 Å². The molecular weight excluding hydrogens is 242 g/mol. The number of halogens is 1. The van der Waals surface area contributed by atoms with Crippen molar-refractivity contribution < 1.29 is 0 Å². The first-order valence-corrected chi connectivity index (χ1v) is 6.72. The summed E-state index contributed by atoms with van der Waals surface area (Å²) in [5.41, 5.74) is 3.80. The van der Waals surface area contributed by atoms with Gasteiger partial charge in [0.1, 0.15) is 0 Å². The summed E-state index contributed by atoms with van der Waals surface area (Å²) in [7, 11) is 0. The van der Waals surface area contributed by atoms with Crippen LogP contribution in [0.2, 0.25) is 5.02 Å². The highest BCUT2D eigenvalue weighted by atomic mass is 35.5. The molecule has 0 aliphatic carbocycles. The molecule has 2 heteroatoms. The summed E-state index contributed by atoms with van der Waals surface area (Å²) in [6, 6.07) is 12.5. The average Bonchev–Trinajstić information content (AvgIpc) is 2.68. The van der Waals surface area contributed by atoms with Crippen molar-refractivity contribution in [2.24, 2.45) is 5.92 Å². The summed E-state index contributed by atoms with van der Waals surface area (Å²) < 4.78 is 0. The van der Waals surface area contributed by atoms with Gasteiger partial charge in [-0.25, -0.2) is 0 Å². The quantitative estimate of drug-likeness (QED) is 0.652. The van der Waals surface area contributed by atoms with E-state index >= 15 is 0 Å². The van der Waals surface area contributed by atoms with Gasteiger partial charge in [0.05, 0.1) is 0 Å². The molecule has 0 saturated carbocycles. The van der Waals surface area contributed by atoms with E-state index in [9.17, 15) is 0 Å². The predicted molar refractivity (Wildman–Crippen MR) is 79.4 cm³/mol. The van der Waals surface area contributed by atoms with Gasteiger partial charge in [0.2, 0.25) is 0 Å². The molecule has 3 rings (SSSR count). The van der Waals surface area contributed by atoms with Gasteiger partial charge in [-0.1, -0.05) is 43.6 Å². The van der Waals surface area contributed by atoms with Crippen molar-refractivity contribution in [2.45, 2.75) is 20.3 Å². The summed E-state index contributed by atoms with van der Waals surface area (Å²) in [4.78, 5) is 3.52. The Balaban J connectivity index is 2.32. The molecule has 1 heterocycles. The third-order valence-electron chi connectivity index (χ3n) is 3.31. The van der Waals surface area contributed by atoms with Crippen LogP contribution in [0.25, 0.3) is 21.8 Å². The van der Waals surface area contributed by atoms with E-state index in [0.717, 1.165) is 17.0 Å². The van der Waals surface area contributed by atoms with Gasteiger partial charge in [-0.05, 0) is 36.1 Å². The molecule has 0 amide bonds. The van der Waals surface area contributed by atoms with E-state index in [0.29, 0.717) is 5.92 Å². The lowest BCUT2D eigenvalue weighted by atomic mass is 10.0. The molecule has 0 saturated heterocycles. The highest BCUT2D eigenvalue weighted by Gasteiger charge is 2.09. The van der Waals surface area contributed by atoms with Crippen molar-refractivity contribution in [3.63, 3.8) is 0 Å². The zero-order chi connectivity index (χ0) is 12.7. The van der Waals surface area contributed by atoms with Crippen LogP contribution in [0.4, 0.5) is 0 Å². The molecule has 18 heavy (non-hydrogen) atoms. The van der Waals surface area contributed by atoms with Crippen LogP contribution in [-0.2, 0) is 6.42 Å². The van der Waals surface area contributed by atoms with Crippen LogP contribution >= 0.6 is 11.6 Å². The molecule has 0 radical (unpaired) electrons. The van der Waals surface area contributed by atoms with Crippen LogP contribution in [0.3, 0.4) is 0 Å². The van der Waals surface area contributed by atoms with E-state index in [2.05, 4.69) is 43.1 Å². The van der Waals surface area contributed by atoms with Gasteiger partial charge in [0.25, 0.3) is 0 Å². The standard InChI is InChI=1S/C16H16ClN/c1-10(2)8-11-4-3-5-13-14-9-12(17)6-7-15(14)18-16(11)13/h3-7,9-10,18H,8H2,1-2H3. The molecule has 0 aliphatic rings. The zero-order valence-corrected chi connectivity index (χ0v) is 11.4. The fourth-order valence-corrected chi connectivity index (χ4v) is 2.74. The number of hydrogen-bond acceptors (Lipinski definition) is 0. The lowest BCUT2D eigenvalue weighted by Crippen LogP contribution is -1.94. The molecule has 1 N–H and O–H groups in total. The van der Waals surface area contributed by atoms with E-state index in [1.807, 2.05) is 12.1 Å². The molecule has 3 aromatic rings. The normalized spacial score (nSPS) is 11.8. The third kappa shape index (κ3) is 1.89. The van der Waals surface area contributed by atoms with Crippen LogP contribution in [0.15, 0.2) is 36.4 Å². The monoisotopic (exact) mass is 257 g/mol. The van der Waals surface area contributed by atoms with Crippen LogP contribution in [-0.4, -0.2) is 4.98 Å². The smallest absolute Gasteiger partial charge is 0.0497 e. The Bertz CT molecular complexity index is 710. The number of H-pyrrole nitrogens is 1. The second-order valence-electron chi connectivity index (χ2n) is 5.25. The number of para-hydroxylation sites is 1. The number of aromatic nitrogens is 1. The summed E-state index contributed by atoms with van der Waals surface area (Å²) in [6.45, 7) is 4.50. The molecule has 1 aromatic heterocycles. The maximum atomic E-state index is 6.09. The zero-order valence-electron chi connectivity index (χ0n) is 10.6. The molecule has 0 spiro atoms. The first-order chi connectivity index (χ1) is 8.65. The van der Waals surface area contributed by atoms with Crippen LogP contribution < -0.4 is 0 Å². The van der Waals surface area contributed by atoms with Crippen molar-refractivity contribution >= 4 is 33.4 Å². The van der Waals surface area contributed by atoms with Crippen LogP contribution in [0.5, 0.6) is 0 Å². The summed E-state index contributed by atoms with van der Waals surface area (Å²) >= 11 is 6.09. The molecule has 1 nitrogen and oxygen atoms in total. The first-order valence-electron chi connectivity index (χ1n) is 6.34. The largest absolute Gasteiger partial charge is 0.354 e. The van der Waals surface area contributed by atoms with Crippen molar-refractivity contribution in [1.29, 1.82) is 0 Å². The fraction of sp³-hybridized carbons (Fsp3) is 0.250. The minimum atomic E-state index is 0.658. The highest BCUT2D eigenvalue weighted by molar-refractivity contribution is 6.31. The fourth-order valence-electron chi connectivity index (χ4n) is 2.57. The van der Waals surface area contributed by atoms with Gasteiger partial charge in [0.15, 0.2) is 0 Å². The van der Waals surface area contributed by atoms with Gasteiger partial charge in [-0.2, -0.15) is 0 Å². The Kier molecular flexibility index (Phi) is 2.79. The first kappa shape index (κ1) is 11.6. The van der Waals surface area contributed by atoms with E-state index in [-0.39, 0.29) is 0 Å². The van der Waals surface area contributed by atoms with Gasteiger partial charge in [-0.3, -0.25) is 0 Å². The van der Waals surface area contributed by atoms with E-state index in [1.54, 1.807) is 0 Å². The number of nitrogens with one attached hydrogen (secondary N) is 1. The predicted octanol–water partition coefficient (Wildman–Crippen LogP) is 5.17. The SMILES string of the molecule is CC(C)Cc1cccc2c1[nH]c1ccc(Cl)cc12. The lowest BCUT2D eigenvalue weighted by molar-refractivity contribution is 0.649. The molecule has 0 aliphatic heterocycles. The Hall–Kier alpha value is -1.47. The third-order valence-corrected chi connectivity index (χ3v) is 3.55. The summed E-state index contributed by atoms with van der Waals surface area (Å²) in [5, 5.41) is 3.27. The molecule has 0 unspecified atom stereocenters. The van der Waals surface area contributed by atoms with Crippen molar-refractivity contribution in [3.05, 3.63) is 47.0 Å².